The van der Waals surface area contributed by atoms with Gasteiger partial charge in [-0.25, -0.2) is 9.18 Å². The minimum atomic E-state index is -1.84. The van der Waals surface area contributed by atoms with E-state index in [2.05, 4.69) is 0 Å². The van der Waals surface area contributed by atoms with Crippen LogP contribution in [-0.4, -0.2) is 17.2 Å². The molecular weight excluding hydrogens is 195 g/mol. The highest BCUT2D eigenvalue weighted by molar-refractivity contribution is 5.73. The number of alkyl halides is 1. The highest BCUT2D eigenvalue weighted by atomic mass is 19.1. The van der Waals surface area contributed by atoms with Gasteiger partial charge in [0.05, 0.1) is 0 Å². The van der Waals surface area contributed by atoms with Gasteiger partial charge in [-0.1, -0.05) is 49.4 Å². The lowest BCUT2D eigenvalue weighted by molar-refractivity contribution is -0.143. The van der Waals surface area contributed by atoms with Crippen molar-refractivity contribution >= 4 is 12.0 Å². The van der Waals surface area contributed by atoms with Crippen molar-refractivity contribution in [2.24, 2.45) is 5.92 Å². The molecule has 15 heavy (non-hydrogen) atoms. The van der Waals surface area contributed by atoms with Crippen LogP contribution in [0.4, 0.5) is 4.39 Å². The molecule has 2 unspecified atom stereocenters. The van der Waals surface area contributed by atoms with Gasteiger partial charge in [-0.05, 0) is 5.56 Å². The summed E-state index contributed by atoms with van der Waals surface area (Å²) in [5.74, 6) is -2.04. The van der Waals surface area contributed by atoms with Crippen molar-refractivity contribution in [2.45, 2.75) is 13.1 Å². The van der Waals surface area contributed by atoms with Crippen LogP contribution in [-0.2, 0) is 4.79 Å². The number of carboxylic acid groups (broad SMARTS) is 1. The van der Waals surface area contributed by atoms with Crippen molar-refractivity contribution < 1.29 is 14.3 Å². The standard InChI is InChI=1S/C12H13FO2/c1-9(11(13)12(14)15)7-8-10-5-3-2-4-6-10/h2-9,11H,1H3,(H,14,15)/b8-7+. The fourth-order valence-electron chi connectivity index (χ4n) is 1.15. The minimum Gasteiger partial charge on any atom is -0.479 e. The topological polar surface area (TPSA) is 37.3 Å². The highest BCUT2D eigenvalue weighted by Gasteiger charge is 2.21. The maximum atomic E-state index is 13.0. The Balaban J connectivity index is 2.62. The number of hydrogen-bond donors (Lipinski definition) is 1. The van der Waals surface area contributed by atoms with Crippen molar-refractivity contribution in [3.63, 3.8) is 0 Å². The smallest absolute Gasteiger partial charge is 0.338 e. The number of halogens is 1. The van der Waals surface area contributed by atoms with Gasteiger partial charge in [0.2, 0.25) is 6.17 Å². The molecule has 2 atom stereocenters. The van der Waals surface area contributed by atoms with Crippen LogP contribution in [0, 0.1) is 5.92 Å². The maximum Gasteiger partial charge on any atom is 0.338 e. The highest BCUT2D eigenvalue weighted by Crippen LogP contribution is 2.12. The Labute approximate surface area is 88.1 Å². The summed E-state index contributed by atoms with van der Waals surface area (Å²) in [6.45, 7) is 1.54. The van der Waals surface area contributed by atoms with E-state index in [9.17, 15) is 9.18 Å². The molecule has 1 N–H and O–H groups in total. The molecule has 0 amide bonds. The molecule has 0 aromatic heterocycles. The van der Waals surface area contributed by atoms with Gasteiger partial charge in [-0.2, -0.15) is 0 Å². The summed E-state index contributed by atoms with van der Waals surface area (Å²) in [7, 11) is 0. The Hall–Kier alpha value is -1.64. The quantitative estimate of drug-likeness (QED) is 0.826. The Kier molecular flexibility index (Phi) is 4.03. The fraction of sp³-hybridized carbons (Fsp3) is 0.250. The molecule has 0 spiro atoms. The van der Waals surface area contributed by atoms with Gasteiger partial charge in [0.25, 0.3) is 0 Å². The van der Waals surface area contributed by atoms with E-state index in [1.165, 1.54) is 6.92 Å². The van der Waals surface area contributed by atoms with Crippen LogP contribution in [0.15, 0.2) is 36.4 Å². The third-order valence-corrected chi connectivity index (χ3v) is 2.09. The summed E-state index contributed by atoms with van der Waals surface area (Å²) in [6, 6.07) is 9.37. The number of allylic oxidation sites excluding steroid dienone is 1. The van der Waals surface area contributed by atoms with Crippen LogP contribution < -0.4 is 0 Å². The number of hydrogen-bond acceptors (Lipinski definition) is 1. The number of carboxylic acids is 1. The molecule has 0 saturated heterocycles. The average Bonchev–Trinajstić information content (AvgIpc) is 2.26. The summed E-state index contributed by atoms with van der Waals surface area (Å²) < 4.78 is 13.0. The molecule has 3 heteroatoms. The first-order valence-electron chi connectivity index (χ1n) is 4.71. The van der Waals surface area contributed by atoms with Gasteiger partial charge in [0.15, 0.2) is 0 Å². The van der Waals surface area contributed by atoms with Crippen LogP contribution in [0.2, 0.25) is 0 Å². The van der Waals surface area contributed by atoms with E-state index in [0.717, 1.165) is 5.56 Å². The summed E-state index contributed by atoms with van der Waals surface area (Å²) in [5.41, 5.74) is 0.932. The number of aliphatic carboxylic acids is 1. The molecule has 0 aliphatic carbocycles. The van der Waals surface area contributed by atoms with Crippen LogP contribution in [0.5, 0.6) is 0 Å². The van der Waals surface area contributed by atoms with E-state index in [0.29, 0.717) is 0 Å². The first-order chi connectivity index (χ1) is 7.11. The molecule has 0 heterocycles. The van der Waals surface area contributed by atoms with Gasteiger partial charge in [-0.3, -0.25) is 0 Å². The Morgan fingerprint density at radius 3 is 2.53 bits per heavy atom. The SMILES string of the molecule is CC(/C=C/c1ccccc1)C(F)C(=O)O. The van der Waals surface area contributed by atoms with Crippen molar-refractivity contribution in [1.82, 2.24) is 0 Å². The molecule has 0 saturated carbocycles. The van der Waals surface area contributed by atoms with E-state index in [4.69, 9.17) is 5.11 Å². The van der Waals surface area contributed by atoms with Crippen LogP contribution in [0.1, 0.15) is 12.5 Å². The molecule has 2 nitrogen and oxygen atoms in total. The Morgan fingerprint density at radius 1 is 1.40 bits per heavy atom. The lowest BCUT2D eigenvalue weighted by atomic mass is 10.0. The summed E-state index contributed by atoms with van der Waals surface area (Å²) >= 11 is 0. The van der Waals surface area contributed by atoms with Gasteiger partial charge in [0, 0.05) is 5.92 Å². The molecule has 0 aliphatic rings. The second-order valence-corrected chi connectivity index (χ2v) is 3.37. The molecule has 0 aliphatic heterocycles. The van der Waals surface area contributed by atoms with E-state index in [1.54, 1.807) is 12.2 Å². The molecule has 0 bridgehead atoms. The zero-order valence-electron chi connectivity index (χ0n) is 8.43. The predicted octanol–water partition coefficient (Wildman–Crippen LogP) is 2.76. The predicted molar refractivity (Wildman–Crippen MR) is 57.2 cm³/mol. The maximum absolute atomic E-state index is 13.0. The van der Waals surface area contributed by atoms with Crippen molar-refractivity contribution in [3.8, 4) is 0 Å². The average molecular weight is 208 g/mol. The first-order valence-corrected chi connectivity index (χ1v) is 4.71. The molecule has 80 valence electrons. The molecule has 0 fully saturated rings. The molecule has 1 rings (SSSR count). The molecular formula is C12H13FO2. The Bertz CT molecular complexity index is 346. The third kappa shape index (κ3) is 3.54. The molecule has 1 aromatic rings. The molecule has 0 radical (unpaired) electrons. The first kappa shape index (κ1) is 11.4. The van der Waals surface area contributed by atoms with E-state index in [-0.39, 0.29) is 0 Å². The zero-order valence-corrected chi connectivity index (χ0v) is 8.43. The fourth-order valence-corrected chi connectivity index (χ4v) is 1.15. The summed E-state index contributed by atoms with van der Waals surface area (Å²) in [6.07, 6.45) is 1.44. The molecule has 1 aromatic carbocycles. The number of carbonyl (C=O) groups is 1. The Morgan fingerprint density at radius 2 is 2.00 bits per heavy atom. The van der Waals surface area contributed by atoms with Crippen LogP contribution in [0.3, 0.4) is 0 Å². The van der Waals surface area contributed by atoms with Crippen molar-refractivity contribution in [1.29, 1.82) is 0 Å². The van der Waals surface area contributed by atoms with Crippen molar-refractivity contribution in [3.05, 3.63) is 42.0 Å². The van der Waals surface area contributed by atoms with Gasteiger partial charge >= 0.3 is 5.97 Å². The van der Waals surface area contributed by atoms with E-state index >= 15 is 0 Å². The minimum absolute atomic E-state index is 0.622. The van der Waals surface area contributed by atoms with Gasteiger partial charge in [0.1, 0.15) is 0 Å². The van der Waals surface area contributed by atoms with E-state index in [1.807, 2.05) is 30.3 Å². The second kappa shape index (κ2) is 5.29. The lowest BCUT2D eigenvalue weighted by Gasteiger charge is -2.07. The summed E-state index contributed by atoms with van der Waals surface area (Å²) in [4.78, 5) is 10.3. The largest absolute Gasteiger partial charge is 0.479 e. The number of rotatable bonds is 4. The number of benzene rings is 1. The monoisotopic (exact) mass is 208 g/mol. The third-order valence-electron chi connectivity index (χ3n) is 2.09. The van der Waals surface area contributed by atoms with Crippen LogP contribution in [0.25, 0.3) is 6.08 Å². The zero-order chi connectivity index (χ0) is 11.3. The second-order valence-electron chi connectivity index (χ2n) is 3.37. The lowest BCUT2D eigenvalue weighted by Crippen LogP contribution is -2.21. The van der Waals surface area contributed by atoms with Crippen LogP contribution >= 0.6 is 0 Å². The van der Waals surface area contributed by atoms with Gasteiger partial charge < -0.3 is 5.11 Å². The van der Waals surface area contributed by atoms with E-state index < -0.39 is 18.1 Å². The normalized spacial score (nSPS) is 15.1. The van der Waals surface area contributed by atoms with Gasteiger partial charge in [-0.15, -0.1) is 0 Å². The van der Waals surface area contributed by atoms with Crippen molar-refractivity contribution in [2.75, 3.05) is 0 Å². The summed E-state index contributed by atoms with van der Waals surface area (Å²) in [5, 5.41) is 8.44.